The molecule has 0 spiro atoms. The summed E-state index contributed by atoms with van der Waals surface area (Å²) in [6.45, 7) is 0. The highest BCUT2D eigenvalue weighted by atomic mass is 35.5. The lowest BCUT2D eigenvalue weighted by molar-refractivity contribution is 0.112. The molecule has 3 rings (SSSR count). The van der Waals surface area contributed by atoms with Crippen LogP contribution in [0.2, 0.25) is 5.02 Å². The normalized spacial score (nSPS) is 10.4. The molecule has 0 radical (unpaired) electrons. The van der Waals surface area contributed by atoms with Crippen LogP contribution >= 0.6 is 11.6 Å². The van der Waals surface area contributed by atoms with Gasteiger partial charge in [-0.15, -0.1) is 0 Å². The summed E-state index contributed by atoms with van der Waals surface area (Å²) in [5, 5.41) is 4.79. The Morgan fingerprint density at radius 2 is 1.85 bits per heavy atom. The molecular weight excluding hydrogens is 272 g/mol. The maximum Gasteiger partial charge on any atom is 0.151 e. The van der Waals surface area contributed by atoms with Crippen LogP contribution in [0.15, 0.2) is 60.9 Å². The number of nitrogens with zero attached hydrogens (tertiary/aromatic N) is 2. The molecule has 0 bridgehead atoms. The minimum atomic E-state index is 0.449. The number of carbonyl (C=O) groups excluding carboxylic acids is 1. The van der Waals surface area contributed by atoms with E-state index >= 15 is 0 Å². The second-order valence-electron chi connectivity index (χ2n) is 4.36. The average molecular weight is 283 g/mol. The number of hydrogen-bond donors (Lipinski definition) is 0. The van der Waals surface area contributed by atoms with Crippen LogP contribution in [0, 0.1) is 0 Å². The van der Waals surface area contributed by atoms with E-state index < -0.39 is 0 Å². The van der Waals surface area contributed by atoms with Crippen LogP contribution in [0.1, 0.15) is 10.4 Å². The van der Waals surface area contributed by atoms with Crippen molar-refractivity contribution < 1.29 is 4.79 Å². The van der Waals surface area contributed by atoms with Crippen LogP contribution in [0.3, 0.4) is 0 Å². The number of para-hydroxylation sites is 1. The fraction of sp³-hybridized carbons (Fsp3) is 0. The second-order valence-corrected chi connectivity index (χ2v) is 4.77. The molecule has 0 fully saturated rings. The molecule has 3 aromatic rings. The highest BCUT2D eigenvalue weighted by Gasteiger charge is 2.06. The molecule has 2 aromatic carbocycles. The number of carbonyl (C=O) groups is 1. The number of benzene rings is 2. The van der Waals surface area contributed by atoms with Crippen LogP contribution in [-0.4, -0.2) is 16.1 Å². The number of halogens is 1. The number of aromatic nitrogens is 2. The first-order valence-corrected chi connectivity index (χ1v) is 6.51. The van der Waals surface area contributed by atoms with Gasteiger partial charge in [0, 0.05) is 17.3 Å². The lowest BCUT2D eigenvalue weighted by Gasteiger charge is -2.01. The summed E-state index contributed by atoms with van der Waals surface area (Å²) in [5.74, 6) is 0. The van der Waals surface area contributed by atoms with Crippen LogP contribution < -0.4 is 0 Å². The molecule has 3 nitrogen and oxygen atoms in total. The van der Waals surface area contributed by atoms with Gasteiger partial charge in [0.1, 0.15) is 0 Å². The first kappa shape index (κ1) is 12.6. The van der Waals surface area contributed by atoms with Gasteiger partial charge in [-0.05, 0) is 29.8 Å². The summed E-state index contributed by atoms with van der Waals surface area (Å²) >= 11 is 6.04. The molecule has 20 heavy (non-hydrogen) atoms. The molecule has 0 saturated carbocycles. The van der Waals surface area contributed by atoms with Crippen molar-refractivity contribution in [3.05, 3.63) is 71.5 Å². The van der Waals surface area contributed by atoms with E-state index in [2.05, 4.69) is 5.10 Å². The Kier molecular flexibility index (Phi) is 3.35. The van der Waals surface area contributed by atoms with Gasteiger partial charge in [0.05, 0.1) is 16.9 Å². The number of hydrogen-bond acceptors (Lipinski definition) is 2. The Labute approximate surface area is 121 Å². The molecule has 0 aliphatic carbocycles. The Hall–Kier alpha value is -2.39. The molecule has 1 heterocycles. The standard InChI is InChI=1S/C16H11ClN2O/c17-16-8-12(6-7-13(16)11-20)14-9-18-19(10-14)15-4-2-1-3-5-15/h1-11H. The van der Waals surface area contributed by atoms with Crippen molar-refractivity contribution in [3.8, 4) is 16.8 Å². The summed E-state index contributed by atoms with van der Waals surface area (Å²) < 4.78 is 1.80. The zero-order chi connectivity index (χ0) is 13.9. The second kappa shape index (κ2) is 5.31. The van der Waals surface area contributed by atoms with E-state index in [0.29, 0.717) is 10.6 Å². The molecular formula is C16H11ClN2O. The summed E-state index contributed by atoms with van der Waals surface area (Å²) in [7, 11) is 0. The topological polar surface area (TPSA) is 34.9 Å². The van der Waals surface area contributed by atoms with Gasteiger partial charge in [-0.2, -0.15) is 5.10 Å². The van der Waals surface area contributed by atoms with Gasteiger partial charge in [0.15, 0.2) is 6.29 Å². The molecule has 98 valence electrons. The molecule has 0 N–H and O–H groups in total. The van der Waals surface area contributed by atoms with Crippen molar-refractivity contribution in [2.45, 2.75) is 0 Å². The van der Waals surface area contributed by atoms with Gasteiger partial charge >= 0.3 is 0 Å². The highest BCUT2D eigenvalue weighted by Crippen LogP contribution is 2.25. The lowest BCUT2D eigenvalue weighted by Crippen LogP contribution is -1.92. The van der Waals surface area contributed by atoms with Crippen molar-refractivity contribution in [1.82, 2.24) is 9.78 Å². The SMILES string of the molecule is O=Cc1ccc(-c2cnn(-c3ccccc3)c2)cc1Cl. The minimum absolute atomic E-state index is 0.449. The van der Waals surface area contributed by atoms with Gasteiger partial charge < -0.3 is 0 Å². The van der Waals surface area contributed by atoms with E-state index in [1.54, 1.807) is 23.0 Å². The monoisotopic (exact) mass is 282 g/mol. The van der Waals surface area contributed by atoms with Crippen LogP contribution in [0.25, 0.3) is 16.8 Å². The third kappa shape index (κ3) is 2.36. The van der Waals surface area contributed by atoms with E-state index in [9.17, 15) is 4.79 Å². The molecule has 0 aliphatic rings. The maximum absolute atomic E-state index is 10.8. The summed E-state index contributed by atoms with van der Waals surface area (Å²) in [6.07, 6.45) is 4.46. The van der Waals surface area contributed by atoms with E-state index in [1.807, 2.05) is 42.6 Å². The summed E-state index contributed by atoms with van der Waals surface area (Å²) in [4.78, 5) is 10.8. The molecule has 4 heteroatoms. The molecule has 1 aromatic heterocycles. The number of rotatable bonds is 3. The Morgan fingerprint density at radius 3 is 2.55 bits per heavy atom. The smallest absolute Gasteiger partial charge is 0.151 e. The fourth-order valence-electron chi connectivity index (χ4n) is 2.00. The molecule has 0 saturated heterocycles. The van der Waals surface area contributed by atoms with Gasteiger partial charge in [0.2, 0.25) is 0 Å². The van der Waals surface area contributed by atoms with E-state index in [-0.39, 0.29) is 0 Å². The van der Waals surface area contributed by atoms with Gasteiger partial charge in [-0.25, -0.2) is 4.68 Å². The van der Waals surface area contributed by atoms with Crippen molar-refractivity contribution in [1.29, 1.82) is 0 Å². The van der Waals surface area contributed by atoms with Crippen molar-refractivity contribution >= 4 is 17.9 Å². The van der Waals surface area contributed by atoms with E-state index in [1.165, 1.54) is 0 Å². The van der Waals surface area contributed by atoms with E-state index in [0.717, 1.165) is 23.1 Å². The lowest BCUT2D eigenvalue weighted by atomic mass is 10.1. The molecule has 0 aliphatic heterocycles. The quantitative estimate of drug-likeness (QED) is 0.681. The van der Waals surface area contributed by atoms with Gasteiger partial charge in [0.25, 0.3) is 0 Å². The average Bonchev–Trinajstić information content (AvgIpc) is 2.98. The van der Waals surface area contributed by atoms with Crippen molar-refractivity contribution in [3.63, 3.8) is 0 Å². The Morgan fingerprint density at radius 1 is 1.05 bits per heavy atom. The minimum Gasteiger partial charge on any atom is -0.298 e. The molecule has 0 atom stereocenters. The Balaban J connectivity index is 1.98. The zero-order valence-corrected chi connectivity index (χ0v) is 11.3. The zero-order valence-electron chi connectivity index (χ0n) is 10.5. The largest absolute Gasteiger partial charge is 0.298 e. The van der Waals surface area contributed by atoms with Gasteiger partial charge in [-0.1, -0.05) is 35.9 Å². The molecule has 0 unspecified atom stereocenters. The van der Waals surface area contributed by atoms with Crippen LogP contribution in [-0.2, 0) is 0 Å². The van der Waals surface area contributed by atoms with Gasteiger partial charge in [-0.3, -0.25) is 4.79 Å². The van der Waals surface area contributed by atoms with E-state index in [4.69, 9.17) is 11.6 Å². The predicted molar refractivity (Wildman–Crippen MR) is 79.4 cm³/mol. The first-order valence-electron chi connectivity index (χ1n) is 6.13. The third-order valence-electron chi connectivity index (χ3n) is 3.06. The first-order chi connectivity index (χ1) is 9.78. The summed E-state index contributed by atoms with van der Waals surface area (Å²) in [6, 6.07) is 15.2. The maximum atomic E-state index is 10.8. The third-order valence-corrected chi connectivity index (χ3v) is 3.39. The highest BCUT2D eigenvalue weighted by molar-refractivity contribution is 6.33. The van der Waals surface area contributed by atoms with Crippen LogP contribution in [0.5, 0.6) is 0 Å². The Bertz CT molecular complexity index is 750. The van der Waals surface area contributed by atoms with Crippen molar-refractivity contribution in [2.75, 3.05) is 0 Å². The number of aldehydes is 1. The van der Waals surface area contributed by atoms with Crippen LogP contribution in [0.4, 0.5) is 0 Å². The summed E-state index contributed by atoms with van der Waals surface area (Å²) in [5.41, 5.74) is 3.37. The molecule has 0 amide bonds. The fourth-order valence-corrected chi connectivity index (χ4v) is 2.22. The van der Waals surface area contributed by atoms with Crippen molar-refractivity contribution in [2.24, 2.45) is 0 Å². The predicted octanol–water partition coefficient (Wildman–Crippen LogP) is 4.01.